The van der Waals surface area contributed by atoms with Gasteiger partial charge < -0.3 is 9.84 Å². The maximum Gasteiger partial charge on any atom is 0.337 e. The molecular formula is C25H23ClN2O3S. The fraction of sp³-hybridized carbons (Fsp3) is 0.240. The minimum Gasteiger partial charge on any atom is -0.479 e. The van der Waals surface area contributed by atoms with Gasteiger partial charge in [0.15, 0.2) is 6.10 Å². The van der Waals surface area contributed by atoms with Crippen LogP contribution < -0.4 is 0 Å². The van der Waals surface area contributed by atoms with E-state index >= 15 is 0 Å². The first-order valence-corrected chi connectivity index (χ1v) is 11.5. The monoisotopic (exact) mass is 466 g/mol. The highest BCUT2D eigenvalue weighted by atomic mass is 35.5. The molecule has 0 fully saturated rings. The highest BCUT2D eigenvalue weighted by Crippen LogP contribution is 2.41. The third-order valence-electron chi connectivity index (χ3n) is 5.03. The van der Waals surface area contributed by atoms with E-state index in [4.69, 9.17) is 21.3 Å². The number of rotatable bonds is 5. The van der Waals surface area contributed by atoms with Crippen molar-refractivity contribution in [3.8, 4) is 22.5 Å². The van der Waals surface area contributed by atoms with E-state index in [1.807, 2.05) is 63.4 Å². The zero-order chi connectivity index (χ0) is 23.0. The second-order valence-electron chi connectivity index (χ2n) is 8.57. The molecule has 0 radical (unpaired) electrons. The van der Waals surface area contributed by atoms with Crippen molar-refractivity contribution in [1.29, 1.82) is 0 Å². The number of ether oxygens (including phenoxy) is 1. The Bertz CT molecular complexity index is 1280. The van der Waals surface area contributed by atoms with Crippen LogP contribution in [-0.4, -0.2) is 26.6 Å². The molecular weight excluding hydrogens is 444 g/mol. The topological polar surface area (TPSA) is 72.3 Å². The van der Waals surface area contributed by atoms with Crippen LogP contribution in [0.15, 0.2) is 53.4 Å². The molecule has 1 atom stereocenters. The van der Waals surface area contributed by atoms with Crippen molar-refractivity contribution in [2.45, 2.75) is 39.4 Å². The molecule has 2 aromatic carbocycles. The summed E-state index contributed by atoms with van der Waals surface area (Å²) in [5.41, 5.74) is 6.52. The predicted octanol–water partition coefficient (Wildman–Crippen LogP) is 6.93. The van der Waals surface area contributed by atoms with Crippen molar-refractivity contribution >= 4 is 39.8 Å². The molecule has 0 aliphatic rings. The number of carbonyl (C=O) groups is 1. The Morgan fingerprint density at radius 1 is 1.12 bits per heavy atom. The van der Waals surface area contributed by atoms with Gasteiger partial charge in [-0.2, -0.15) is 0 Å². The number of nitrogens with zero attached hydrogens (tertiary/aromatic N) is 2. The van der Waals surface area contributed by atoms with Gasteiger partial charge in [0, 0.05) is 21.4 Å². The first-order chi connectivity index (χ1) is 15.1. The molecule has 7 heteroatoms. The number of benzene rings is 2. The Balaban J connectivity index is 2.03. The van der Waals surface area contributed by atoms with E-state index in [2.05, 4.69) is 4.98 Å². The summed E-state index contributed by atoms with van der Waals surface area (Å²) in [7, 11) is 0. The van der Waals surface area contributed by atoms with Gasteiger partial charge in [0.25, 0.3) is 0 Å². The van der Waals surface area contributed by atoms with Crippen molar-refractivity contribution in [2.75, 3.05) is 0 Å². The zero-order valence-electron chi connectivity index (χ0n) is 18.2. The Kier molecular flexibility index (Phi) is 6.03. The van der Waals surface area contributed by atoms with E-state index in [1.165, 1.54) is 11.3 Å². The minimum absolute atomic E-state index is 0.608. The van der Waals surface area contributed by atoms with Crippen LogP contribution in [0.3, 0.4) is 0 Å². The Morgan fingerprint density at radius 2 is 1.84 bits per heavy atom. The van der Waals surface area contributed by atoms with E-state index in [-0.39, 0.29) is 0 Å². The van der Waals surface area contributed by atoms with Crippen LogP contribution in [0.1, 0.15) is 38.0 Å². The van der Waals surface area contributed by atoms with E-state index in [0.29, 0.717) is 10.6 Å². The van der Waals surface area contributed by atoms with Crippen LogP contribution in [0.2, 0.25) is 5.02 Å². The van der Waals surface area contributed by atoms with E-state index in [9.17, 15) is 9.90 Å². The van der Waals surface area contributed by atoms with Gasteiger partial charge in [0.1, 0.15) is 0 Å². The molecule has 1 unspecified atom stereocenters. The first kappa shape index (κ1) is 22.4. The third-order valence-corrected chi connectivity index (χ3v) is 5.87. The molecule has 2 heterocycles. The van der Waals surface area contributed by atoms with Gasteiger partial charge in [-0.15, -0.1) is 11.3 Å². The Labute approximate surface area is 195 Å². The van der Waals surface area contributed by atoms with Crippen LogP contribution in [0, 0.1) is 6.92 Å². The molecule has 164 valence electrons. The smallest absolute Gasteiger partial charge is 0.337 e. The van der Waals surface area contributed by atoms with Crippen molar-refractivity contribution in [1.82, 2.24) is 9.97 Å². The van der Waals surface area contributed by atoms with Gasteiger partial charge in [-0.05, 0) is 74.7 Å². The summed E-state index contributed by atoms with van der Waals surface area (Å²) in [6, 6.07) is 13.2. The van der Waals surface area contributed by atoms with Crippen LogP contribution in [0.5, 0.6) is 0 Å². The number of fused-ring (bicyclic) bond motifs is 1. The molecule has 2 aromatic heterocycles. The summed E-state index contributed by atoms with van der Waals surface area (Å²) in [5.74, 6) is -1.04. The van der Waals surface area contributed by atoms with Gasteiger partial charge in [0.2, 0.25) is 0 Å². The normalized spacial score (nSPS) is 12.8. The van der Waals surface area contributed by atoms with Crippen LogP contribution in [0.25, 0.3) is 33.4 Å². The Morgan fingerprint density at radius 3 is 2.44 bits per heavy atom. The van der Waals surface area contributed by atoms with Gasteiger partial charge in [-0.1, -0.05) is 23.7 Å². The average Bonchev–Trinajstić information content (AvgIpc) is 3.26. The lowest BCUT2D eigenvalue weighted by Crippen LogP contribution is -2.28. The summed E-state index contributed by atoms with van der Waals surface area (Å²) < 4.78 is 6.03. The number of thiazole rings is 1. The fourth-order valence-corrected chi connectivity index (χ4v) is 4.43. The molecule has 0 aliphatic heterocycles. The van der Waals surface area contributed by atoms with Gasteiger partial charge in [0.05, 0.1) is 28.0 Å². The van der Waals surface area contributed by atoms with E-state index in [1.54, 1.807) is 17.6 Å². The molecule has 5 nitrogen and oxygen atoms in total. The van der Waals surface area contributed by atoms with E-state index in [0.717, 1.165) is 39.0 Å². The highest BCUT2D eigenvalue weighted by molar-refractivity contribution is 7.07. The summed E-state index contributed by atoms with van der Waals surface area (Å²) in [6.45, 7) is 7.45. The standard InChI is InChI=1S/C25H23ClN2O3S/c1-14-11-19-17(9-10-18(28-19)20-12-32-13-27-20)22(15-5-7-16(26)8-6-15)21(14)23(24(29)30)31-25(2,3)4/h5-13,23H,1-4H3,(H,29,30). The van der Waals surface area contributed by atoms with Crippen molar-refractivity contribution in [3.63, 3.8) is 0 Å². The van der Waals surface area contributed by atoms with Crippen molar-refractivity contribution in [3.05, 3.63) is 69.5 Å². The van der Waals surface area contributed by atoms with Crippen LogP contribution in [-0.2, 0) is 9.53 Å². The van der Waals surface area contributed by atoms with Crippen molar-refractivity contribution in [2.24, 2.45) is 0 Å². The predicted molar refractivity (Wildman–Crippen MR) is 129 cm³/mol. The number of carboxylic acids is 1. The third kappa shape index (κ3) is 4.53. The number of aryl methyl sites for hydroxylation is 1. The SMILES string of the molecule is Cc1cc2nc(-c3cscn3)ccc2c(-c2ccc(Cl)cc2)c1C(OC(C)(C)C)C(=O)O. The molecule has 0 aliphatic carbocycles. The first-order valence-electron chi connectivity index (χ1n) is 10.1. The molecule has 0 bridgehead atoms. The molecule has 0 saturated heterocycles. The minimum atomic E-state index is -1.14. The molecule has 32 heavy (non-hydrogen) atoms. The molecule has 0 spiro atoms. The molecule has 0 amide bonds. The number of hydrogen-bond donors (Lipinski definition) is 1. The van der Waals surface area contributed by atoms with Gasteiger partial charge >= 0.3 is 5.97 Å². The van der Waals surface area contributed by atoms with E-state index < -0.39 is 17.7 Å². The summed E-state index contributed by atoms with van der Waals surface area (Å²) in [4.78, 5) is 21.5. The fourth-order valence-electron chi connectivity index (χ4n) is 3.75. The quantitative estimate of drug-likeness (QED) is 0.345. The lowest BCUT2D eigenvalue weighted by atomic mass is 9.88. The summed E-state index contributed by atoms with van der Waals surface area (Å²) >= 11 is 7.64. The number of hydrogen-bond acceptors (Lipinski definition) is 5. The largest absolute Gasteiger partial charge is 0.479 e. The second-order valence-corrected chi connectivity index (χ2v) is 9.73. The number of halogens is 1. The Hall–Kier alpha value is -2.80. The van der Waals surface area contributed by atoms with Gasteiger partial charge in [-0.25, -0.2) is 14.8 Å². The molecule has 4 aromatic rings. The number of aliphatic carboxylic acids is 1. The van der Waals surface area contributed by atoms with Crippen LogP contribution >= 0.6 is 22.9 Å². The van der Waals surface area contributed by atoms with Crippen LogP contribution in [0.4, 0.5) is 0 Å². The molecule has 4 rings (SSSR count). The maximum absolute atomic E-state index is 12.3. The summed E-state index contributed by atoms with van der Waals surface area (Å²) in [6.07, 6.45) is -1.14. The number of aromatic nitrogens is 2. The highest BCUT2D eigenvalue weighted by Gasteiger charge is 2.31. The lowest BCUT2D eigenvalue weighted by molar-refractivity contribution is -0.160. The summed E-state index contributed by atoms with van der Waals surface area (Å²) in [5, 5.41) is 13.5. The molecule has 0 saturated carbocycles. The molecule has 1 N–H and O–H groups in total. The average molecular weight is 467 g/mol. The van der Waals surface area contributed by atoms with Gasteiger partial charge in [-0.3, -0.25) is 0 Å². The number of pyridine rings is 1. The lowest BCUT2D eigenvalue weighted by Gasteiger charge is -2.28. The second kappa shape index (κ2) is 8.62. The zero-order valence-corrected chi connectivity index (χ0v) is 19.8. The number of carboxylic acid groups (broad SMARTS) is 1. The van der Waals surface area contributed by atoms with Crippen molar-refractivity contribution < 1.29 is 14.6 Å². The maximum atomic E-state index is 12.3.